The second kappa shape index (κ2) is 8.86. The van der Waals surface area contributed by atoms with Crippen molar-refractivity contribution in [2.45, 2.75) is 39.3 Å². The van der Waals surface area contributed by atoms with E-state index in [1.54, 1.807) is 0 Å². The monoisotopic (exact) mass is 352 g/mol. The first-order valence-electron chi connectivity index (χ1n) is 9.42. The van der Waals surface area contributed by atoms with Gasteiger partial charge in [0.25, 0.3) is 5.91 Å². The number of hydrogen-bond acceptors (Lipinski definition) is 3. The summed E-state index contributed by atoms with van der Waals surface area (Å²) in [6, 6.07) is 15.8. The molecule has 138 valence electrons. The molecule has 4 nitrogen and oxygen atoms in total. The molecule has 1 aliphatic heterocycles. The summed E-state index contributed by atoms with van der Waals surface area (Å²) in [5.41, 5.74) is 3.16. The summed E-state index contributed by atoms with van der Waals surface area (Å²) in [4.78, 5) is 14.8. The highest BCUT2D eigenvalue weighted by molar-refractivity contribution is 5.94. The summed E-state index contributed by atoms with van der Waals surface area (Å²) in [6.07, 6.45) is 2.59. The molecule has 1 heterocycles. The van der Waals surface area contributed by atoms with Crippen LogP contribution in [0.1, 0.15) is 41.3 Å². The number of aryl methyl sites for hydroxylation is 1. The molecule has 1 atom stereocenters. The summed E-state index contributed by atoms with van der Waals surface area (Å²) >= 11 is 0. The van der Waals surface area contributed by atoms with Crippen molar-refractivity contribution < 1.29 is 9.53 Å². The number of nitrogens with one attached hydrogen (secondary N) is 1. The van der Waals surface area contributed by atoms with Gasteiger partial charge in [-0.3, -0.25) is 9.69 Å². The number of benzene rings is 2. The van der Waals surface area contributed by atoms with Crippen LogP contribution in [-0.4, -0.2) is 36.5 Å². The molecule has 1 N–H and O–H groups in total. The van der Waals surface area contributed by atoms with Gasteiger partial charge in [-0.2, -0.15) is 0 Å². The lowest BCUT2D eigenvalue weighted by molar-refractivity contribution is 0.0926. The maximum Gasteiger partial charge on any atom is 0.251 e. The number of nitrogens with zero attached hydrogens (tertiary/aromatic N) is 1. The van der Waals surface area contributed by atoms with Crippen LogP contribution >= 0.6 is 0 Å². The van der Waals surface area contributed by atoms with Crippen LogP contribution in [0.25, 0.3) is 0 Å². The zero-order valence-corrected chi connectivity index (χ0v) is 15.7. The average molecular weight is 352 g/mol. The van der Waals surface area contributed by atoms with Gasteiger partial charge in [0.05, 0.1) is 6.04 Å². The molecule has 2 aromatic rings. The SMILES string of the molecule is Cc1ccc(OC[C@H](C)NC(=O)c2ccc(CN3CCCC3)cc2)cc1. The Morgan fingerprint density at radius 3 is 2.38 bits per heavy atom. The third-order valence-electron chi connectivity index (χ3n) is 4.72. The number of carbonyl (C=O) groups is 1. The number of hydrogen-bond donors (Lipinski definition) is 1. The largest absolute Gasteiger partial charge is 0.491 e. The lowest BCUT2D eigenvalue weighted by Crippen LogP contribution is -2.36. The number of carbonyl (C=O) groups excluding carboxylic acids is 1. The normalized spacial score (nSPS) is 15.6. The molecule has 0 aliphatic carbocycles. The van der Waals surface area contributed by atoms with Gasteiger partial charge in [-0.25, -0.2) is 0 Å². The highest BCUT2D eigenvalue weighted by Gasteiger charge is 2.13. The van der Waals surface area contributed by atoms with Crippen molar-refractivity contribution in [1.29, 1.82) is 0 Å². The molecule has 0 bridgehead atoms. The van der Waals surface area contributed by atoms with Gasteiger partial charge in [-0.05, 0) is 69.6 Å². The summed E-state index contributed by atoms with van der Waals surface area (Å²) < 4.78 is 5.73. The maximum atomic E-state index is 12.4. The average Bonchev–Trinajstić information content (AvgIpc) is 3.15. The standard InChI is InChI=1S/C22H28N2O2/c1-17-5-11-21(12-6-17)26-16-18(2)23-22(25)20-9-7-19(8-10-20)15-24-13-3-4-14-24/h5-12,18H,3-4,13-16H2,1-2H3,(H,23,25)/t18-/m0/s1. The molecule has 0 saturated carbocycles. The van der Waals surface area contributed by atoms with Gasteiger partial charge in [0.2, 0.25) is 0 Å². The highest BCUT2D eigenvalue weighted by Crippen LogP contribution is 2.14. The molecule has 0 spiro atoms. The van der Waals surface area contributed by atoms with Crippen molar-refractivity contribution in [3.8, 4) is 5.75 Å². The van der Waals surface area contributed by atoms with Crippen molar-refractivity contribution in [1.82, 2.24) is 10.2 Å². The van der Waals surface area contributed by atoms with Gasteiger partial charge < -0.3 is 10.1 Å². The lowest BCUT2D eigenvalue weighted by atomic mass is 10.1. The minimum absolute atomic E-state index is 0.0577. The molecule has 0 unspecified atom stereocenters. The van der Waals surface area contributed by atoms with Gasteiger partial charge in [-0.15, -0.1) is 0 Å². The lowest BCUT2D eigenvalue weighted by Gasteiger charge is -2.16. The second-order valence-corrected chi connectivity index (χ2v) is 7.18. The minimum Gasteiger partial charge on any atom is -0.491 e. The summed E-state index contributed by atoms with van der Waals surface area (Å²) in [5.74, 6) is 0.765. The molecule has 26 heavy (non-hydrogen) atoms. The van der Waals surface area contributed by atoms with Crippen LogP contribution in [-0.2, 0) is 6.54 Å². The van der Waals surface area contributed by atoms with Gasteiger partial charge >= 0.3 is 0 Å². The second-order valence-electron chi connectivity index (χ2n) is 7.18. The van der Waals surface area contributed by atoms with E-state index in [4.69, 9.17) is 4.74 Å². The van der Waals surface area contributed by atoms with Crippen molar-refractivity contribution in [3.63, 3.8) is 0 Å². The Kier molecular flexibility index (Phi) is 6.29. The fourth-order valence-corrected chi connectivity index (χ4v) is 3.16. The van der Waals surface area contributed by atoms with Crippen molar-refractivity contribution in [2.24, 2.45) is 0 Å². The zero-order valence-electron chi connectivity index (χ0n) is 15.7. The number of likely N-dealkylation sites (tertiary alicyclic amines) is 1. The van der Waals surface area contributed by atoms with E-state index in [0.29, 0.717) is 12.2 Å². The zero-order chi connectivity index (χ0) is 18.4. The summed E-state index contributed by atoms with van der Waals surface area (Å²) in [5, 5.41) is 3.00. The minimum atomic E-state index is -0.0620. The number of amides is 1. The first-order chi connectivity index (χ1) is 12.6. The van der Waals surface area contributed by atoms with E-state index in [1.807, 2.05) is 50.2 Å². The van der Waals surface area contributed by atoms with E-state index in [2.05, 4.69) is 22.3 Å². The molecule has 1 aliphatic rings. The summed E-state index contributed by atoms with van der Waals surface area (Å²) in [6.45, 7) is 7.78. The molecule has 3 rings (SSSR count). The van der Waals surface area contributed by atoms with E-state index in [9.17, 15) is 4.79 Å². The molecule has 2 aromatic carbocycles. The Bertz CT molecular complexity index is 704. The predicted octanol–water partition coefficient (Wildman–Crippen LogP) is 3.79. The van der Waals surface area contributed by atoms with Gasteiger partial charge in [0, 0.05) is 12.1 Å². The van der Waals surface area contributed by atoms with Crippen molar-refractivity contribution >= 4 is 5.91 Å². The quantitative estimate of drug-likeness (QED) is 0.824. The Hall–Kier alpha value is -2.33. The first kappa shape index (κ1) is 18.5. The predicted molar refractivity (Wildman–Crippen MR) is 105 cm³/mol. The molecular formula is C22H28N2O2. The van der Waals surface area contributed by atoms with Crippen molar-refractivity contribution in [3.05, 3.63) is 65.2 Å². The van der Waals surface area contributed by atoms with Crippen molar-refractivity contribution in [2.75, 3.05) is 19.7 Å². The number of ether oxygens (including phenoxy) is 1. The maximum absolute atomic E-state index is 12.4. The topological polar surface area (TPSA) is 41.6 Å². The smallest absolute Gasteiger partial charge is 0.251 e. The first-order valence-corrected chi connectivity index (χ1v) is 9.42. The number of rotatable bonds is 7. The van der Waals surface area contributed by atoms with Gasteiger partial charge in [-0.1, -0.05) is 29.8 Å². The molecule has 4 heteroatoms. The van der Waals surface area contributed by atoms with E-state index in [0.717, 1.165) is 12.3 Å². The fourth-order valence-electron chi connectivity index (χ4n) is 3.16. The fraction of sp³-hybridized carbons (Fsp3) is 0.409. The van der Waals surface area contributed by atoms with E-state index in [-0.39, 0.29) is 11.9 Å². The Labute approximate surface area is 156 Å². The van der Waals surface area contributed by atoms with Gasteiger partial charge in [0.15, 0.2) is 0 Å². The van der Waals surface area contributed by atoms with Crippen LogP contribution in [0.4, 0.5) is 0 Å². The highest BCUT2D eigenvalue weighted by atomic mass is 16.5. The van der Waals surface area contributed by atoms with E-state index < -0.39 is 0 Å². The van der Waals surface area contributed by atoms with Gasteiger partial charge in [0.1, 0.15) is 12.4 Å². The Balaban J connectivity index is 1.46. The Morgan fingerprint density at radius 1 is 1.08 bits per heavy atom. The molecule has 1 saturated heterocycles. The van der Waals surface area contributed by atoms with Crippen LogP contribution in [0.15, 0.2) is 48.5 Å². The van der Waals surface area contributed by atoms with Crippen LogP contribution in [0.3, 0.4) is 0 Å². The van der Waals surface area contributed by atoms with Crippen LogP contribution < -0.4 is 10.1 Å². The molecule has 0 aromatic heterocycles. The van der Waals surface area contributed by atoms with E-state index >= 15 is 0 Å². The third kappa shape index (κ3) is 5.33. The third-order valence-corrected chi connectivity index (χ3v) is 4.72. The summed E-state index contributed by atoms with van der Waals surface area (Å²) in [7, 11) is 0. The Morgan fingerprint density at radius 2 is 1.73 bits per heavy atom. The molecule has 1 amide bonds. The van der Waals surface area contributed by atoms with Crippen LogP contribution in [0.2, 0.25) is 0 Å². The van der Waals surface area contributed by atoms with Crippen LogP contribution in [0.5, 0.6) is 5.75 Å². The molecule has 0 radical (unpaired) electrons. The molecular weight excluding hydrogens is 324 g/mol. The van der Waals surface area contributed by atoms with Crippen LogP contribution in [0, 0.1) is 6.92 Å². The van der Waals surface area contributed by atoms with E-state index in [1.165, 1.54) is 37.1 Å². The molecule has 1 fully saturated rings.